The number of rotatable bonds is 8. The Morgan fingerprint density at radius 3 is 2.75 bits per heavy atom. The van der Waals surface area contributed by atoms with Crippen molar-refractivity contribution in [3.8, 4) is 5.75 Å². The number of nitrogens with one attached hydrogen (secondary N) is 1. The fraction of sp³-hybridized carbons (Fsp3) is 0.565. The summed E-state index contributed by atoms with van der Waals surface area (Å²) in [6.45, 7) is 5.44. The monoisotopic (exact) mass is 446 g/mol. The largest absolute Gasteiger partial charge is 0.493 e. The van der Waals surface area contributed by atoms with Crippen LogP contribution in [0, 0.1) is 18.7 Å². The van der Waals surface area contributed by atoms with E-state index in [1.807, 2.05) is 18.7 Å². The van der Waals surface area contributed by atoms with Gasteiger partial charge in [0.1, 0.15) is 11.6 Å². The maximum atomic E-state index is 15.4. The van der Waals surface area contributed by atoms with E-state index < -0.39 is 5.91 Å². The number of benzene rings is 1. The molecule has 1 aromatic heterocycles. The minimum Gasteiger partial charge on any atom is -0.493 e. The van der Waals surface area contributed by atoms with Crippen LogP contribution in [0.3, 0.4) is 0 Å². The third kappa shape index (κ3) is 4.31. The van der Waals surface area contributed by atoms with Crippen LogP contribution >= 0.6 is 0 Å². The zero-order chi connectivity index (χ0) is 23.0. The number of aryl methyl sites for hydroxylation is 1. The SMILES string of the molecule is Cc1c(N2CC[C@@H]([C@H](C)N)C2)c(F)cc2c(OCCCC(=O)NO)cc(=O)n(C3CC3)c12. The summed E-state index contributed by atoms with van der Waals surface area (Å²) in [5.74, 6) is -0.230. The van der Waals surface area contributed by atoms with Gasteiger partial charge in [-0.1, -0.05) is 0 Å². The van der Waals surface area contributed by atoms with E-state index >= 15 is 4.39 Å². The zero-order valence-electron chi connectivity index (χ0n) is 18.6. The third-order valence-electron chi connectivity index (χ3n) is 6.59. The van der Waals surface area contributed by atoms with Crippen molar-refractivity contribution >= 4 is 22.5 Å². The number of nitrogens with zero attached hydrogens (tertiary/aromatic N) is 2. The van der Waals surface area contributed by atoms with Gasteiger partial charge in [0, 0.05) is 43.0 Å². The Labute approximate surface area is 186 Å². The third-order valence-corrected chi connectivity index (χ3v) is 6.59. The second-order valence-electron chi connectivity index (χ2n) is 9.02. The number of halogens is 1. The molecule has 1 aliphatic heterocycles. The number of amides is 1. The Morgan fingerprint density at radius 2 is 2.12 bits per heavy atom. The van der Waals surface area contributed by atoms with Crippen LogP contribution in [0.1, 0.15) is 50.6 Å². The van der Waals surface area contributed by atoms with Crippen LogP contribution in [0.15, 0.2) is 16.9 Å². The second kappa shape index (κ2) is 9.07. The molecule has 2 heterocycles. The molecule has 4 rings (SSSR count). The van der Waals surface area contributed by atoms with E-state index in [0.29, 0.717) is 41.2 Å². The molecule has 0 spiro atoms. The minimum absolute atomic E-state index is 0.0429. The van der Waals surface area contributed by atoms with Gasteiger partial charge in [-0.05, 0) is 57.1 Å². The molecule has 2 fully saturated rings. The van der Waals surface area contributed by atoms with Gasteiger partial charge >= 0.3 is 0 Å². The zero-order valence-corrected chi connectivity index (χ0v) is 18.6. The lowest BCUT2D eigenvalue weighted by atomic mass is 10.0. The lowest BCUT2D eigenvalue weighted by Gasteiger charge is -2.25. The van der Waals surface area contributed by atoms with Crippen LogP contribution < -0.4 is 26.4 Å². The van der Waals surface area contributed by atoms with Crippen molar-refractivity contribution in [2.45, 2.75) is 58.0 Å². The highest BCUT2D eigenvalue weighted by atomic mass is 19.1. The molecule has 9 heteroatoms. The molecule has 0 bridgehead atoms. The molecule has 0 unspecified atom stereocenters. The highest BCUT2D eigenvalue weighted by Gasteiger charge is 2.32. The van der Waals surface area contributed by atoms with Gasteiger partial charge in [0.2, 0.25) is 5.91 Å². The van der Waals surface area contributed by atoms with Gasteiger partial charge in [-0.25, -0.2) is 9.87 Å². The lowest BCUT2D eigenvalue weighted by molar-refractivity contribution is -0.129. The van der Waals surface area contributed by atoms with Crippen molar-refractivity contribution in [2.75, 3.05) is 24.6 Å². The van der Waals surface area contributed by atoms with E-state index in [2.05, 4.69) is 0 Å². The number of carbonyl (C=O) groups excluding carboxylic acids is 1. The average molecular weight is 447 g/mol. The van der Waals surface area contributed by atoms with Crippen LogP contribution in [-0.2, 0) is 4.79 Å². The first-order valence-corrected chi connectivity index (χ1v) is 11.3. The first kappa shape index (κ1) is 22.5. The van der Waals surface area contributed by atoms with Crippen molar-refractivity contribution in [3.05, 3.63) is 33.9 Å². The standard InChI is InChI=1S/C23H31FN4O4/c1-13-22-17(10-18(24)23(13)27-8-7-15(12-27)14(2)25)19(32-9-3-4-20(29)26-31)11-21(30)28(22)16-5-6-16/h10-11,14-16,31H,3-9,12,25H2,1-2H3,(H,26,29)/t14-,15+/m0/s1. The number of aromatic nitrogens is 1. The number of hydroxylamine groups is 1. The summed E-state index contributed by atoms with van der Waals surface area (Å²) >= 11 is 0. The summed E-state index contributed by atoms with van der Waals surface area (Å²) in [4.78, 5) is 26.2. The highest BCUT2D eigenvalue weighted by Crippen LogP contribution is 2.42. The number of fused-ring (bicyclic) bond motifs is 1. The Morgan fingerprint density at radius 1 is 1.38 bits per heavy atom. The van der Waals surface area contributed by atoms with Crippen LogP contribution in [0.2, 0.25) is 0 Å². The van der Waals surface area contributed by atoms with Crippen molar-refractivity contribution in [3.63, 3.8) is 0 Å². The summed E-state index contributed by atoms with van der Waals surface area (Å²) in [6, 6.07) is 3.04. The molecule has 1 aliphatic carbocycles. The molecule has 2 aromatic rings. The number of hydrogen-bond donors (Lipinski definition) is 3. The number of hydrogen-bond acceptors (Lipinski definition) is 6. The van der Waals surface area contributed by atoms with Crippen LogP contribution in [0.25, 0.3) is 10.9 Å². The fourth-order valence-corrected chi connectivity index (χ4v) is 4.72. The van der Waals surface area contributed by atoms with Gasteiger partial charge < -0.3 is 19.9 Å². The van der Waals surface area contributed by atoms with Gasteiger partial charge in [0.15, 0.2) is 0 Å². The van der Waals surface area contributed by atoms with E-state index in [1.54, 1.807) is 10.0 Å². The molecule has 1 saturated carbocycles. The van der Waals surface area contributed by atoms with Crippen LogP contribution in [-0.4, -0.2) is 41.4 Å². The lowest BCUT2D eigenvalue weighted by Crippen LogP contribution is -2.30. The Hall–Kier alpha value is -2.65. The van der Waals surface area contributed by atoms with Gasteiger partial charge in [0.25, 0.3) is 5.56 Å². The molecular formula is C23H31FN4O4. The number of carbonyl (C=O) groups is 1. The molecule has 1 aromatic carbocycles. The van der Waals surface area contributed by atoms with Crippen LogP contribution in [0.4, 0.5) is 10.1 Å². The summed E-state index contributed by atoms with van der Waals surface area (Å²) in [5, 5.41) is 9.16. The molecule has 2 atom stereocenters. The number of pyridine rings is 1. The summed E-state index contributed by atoms with van der Waals surface area (Å²) in [6.07, 6.45) is 3.20. The van der Waals surface area contributed by atoms with E-state index in [9.17, 15) is 9.59 Å². The van der Waals surface area contributed by atoms with Gasteiger partial charge in [-0.2, -0.15) is 0 Å². The topological polar surface area (TPSA) is 110 Å². The van der Waals surface area contributed by atoms with E-state index in [0.717, 1.165) is 31.4 Å². The predicted molar refractivity (Wildman–Crippen MR) is 120 cm³/mol. The van der Waals surface area contributed by atoms with E-state index in [4.69, 9.17) is 15.7 Å². The molecule has 1 amide bonds. The second-order valence-corrected chi connectivity index (χ2v) is 9.02. The Bertz CT molecular complexity index is 1080. The molecule has 174 valence electrons. The minimum atomic E-state index is -0.509. The van der Waals surface area contributed by atoms with E-state index in [1.165, 1.54) is 12.1 Å². The van der Waals surface area contributed by atoms with Gasteiger partial charge in [0.05, 0.1) is 17.8 Å². The van der Waals surface area contributed by atoms with Crippen LogP contribution in [0.5, 0.6) is 5.75 Å². The number of ether oxygens (including phenoxy) is 1. The first-order valence-electron chi connectivity index (χ1n) is 11.3. The van der Waals surface area contributed by atoms with Gasteiger partial charge in [-0.3, -0.25) is 14.8 Å². The summed E-state index contributed by atoms with van der Waals surface area (Å²) in [5.41, 5.74) is 9.47. The van der Waals surface area contributed by atoms with Gasteiger partial charge in [-0.15, -0.1) is 0 Å². The summed E-state index contributed by atoms with van der Waals surface area (Å²) < 4.78 is 23.0. The first-order chi connectivity index (χ1) is 15.3. The molecule has 32 heavy (non-hydrogen) atoms. The van der Waals surface area contributed by atoms with Crippen molar-refractivity contribution < 1.29 is 19.1 Å². The van der Waals surface area contributed by atoms with Crippen molar-refractivity contribution in [1.82, 2.24) is 10.0 Å². The molecule has 1 saturated heterocycles. The van der Waals surface area contributed by atoms with Crippen molar-refractivity contribution in [1.29, 1.82) is 0 Å². The fourth-order valence-electron chi connectivity index (χ4n) is 4.72. The smallest absolute Gasteiger partial charge is 0.255 e. The Kier molecular flexibility index (Phi) is 6.39. The average Bonchev–Trinajstić information content (AvgIpc) is 3.47. The maximum Gasteiger partial charge on any atom is 0.255 e. The maximum absolute atomic E-state index is 15.4. The Balaban J connectivity index is 1.74. The highest BCUT2D eigenvalue weighted by molar-refractivity contribution is 5.92. The predicted octanol–water partition coefficient (Wildman–Crippen LogP) is 2.62. The molecule has 2 aliphatic rings. The summed E-state index contributed by atoms with van der Waals surface area (Å²) in [7, 11) is 0. The number of nitrogens with two attached hydrogens (primary N) is 1. The molecule has 0 radical (unpaired) electrons. The van der Waals surface area contributed by atoms with Crippen molar-refractivity contribution in [2.24, 2.45) is 11.7 Å². The van der Waals surface area contributed by atoms with E-state index in [-0.39, 0.29) is 36.5 Å². The number of anilines is 1. The normalized spacial score (nSPS) is 19.4. The molecule has 4 N–H and O–H groups in total. The molecular weight excluding hydrogens is 415 g/mol. The quantitative estimate of drug-likeness (QED) is 0.327. The molecule has 8 nitrogen and oxygen atoms in total.